The third-order valence-corrected chi connectivity index (χ3v) is 3.87. The third-order valence-electron chi connectivity index (χ3n) is 3.87. The van der Waals surface area contributed by atoms with Crippen LogP contribution in [0.25, 0.3) is 0 Å². The lowest BCUT2D eigenvalue weighted by Gasteiger charge is -2.14. The number of rotatable bonds is 7. The van der Waals surface area contributed by atoms with Crippen LogP contribution in [-0.2, 0) is 16.1 Å². The number of benzene rings is 2. The number of hydrogen-bond donors (Lipinski definition) is 1. The summed E-state index contributed by atoms with van der Waals surface area (Å²) in [5, 5.41) is 2.66. The smallest absolute Gasteiger partial charge is 0.387 e. The summed E-state index contributed by atoms with van der Waals surface area (Å²) in [6, 6.07) is 10.3. The molecule has 0 radical (unpaired) electrons. The lowest BCUT2D eigenvalue weighted by Crippen LogP contribution is -2.35. The highest BCUT2D eigenvalue weighted by Gasteiger charge is 2.19. The Morgan fingerprint density at radius 2 is 1.82 bits per heavy atom. The van der Waals surface area contributed by atoms with Crippen LogP contribution in [0, 0.1) is 0 Å². The van der Waals surface area contributed by atoms with Crippen molar-refractivity contribution in [3.8, 4) is 17.2 Å². The Morgan fingerprint density at radius 3 is 2.54 bits per heavy atom. The zero-order valence-corrected chi connectivity index (χ0v) is 14.8. The summed E-state index contributed by atoms with van der Waals surface area (Å²) in [4.78, 5) is 24.2. The lowest BCUT2D eigenvalue weighted by molar-refractivity contribution is -0.129. The molecule has 1 atom stereocenters. The minimum atomic E-state index is -2.95. The highest BCUT2D eigenvalue weighted by atomic mass is 19.3. The van der Waals surface area contributed by atoms with Crippen molar-refractivity contribution in [1.82, 2.24) is 5.32 Å². The number of esters is 1. The fraction of sp³-hybridized carbons (Fsp3) is 0.263. The first-order valence-electron chi connectivity index (χ1n) is 8.34. The van der Waals surface area contributed by atoms with Crippen molar-refractivity contribution in [2.24, 2.45) is 0 Å². The van der Waals surface area contributed by atoms with Gasteiger partial charge in [-0.15, -0.1) is 0 Å². The van der Waals surface area contributed by atoms with E-state index in [1.807, 2.05) is 0 Å². The highest BCUT2D eigenvalue weighted by Crippen LogP contribution is 2.32. The molecule has 2 aromatic rings. The van der Waals surface area contributed by atoms with Gasteiger partial charge in [0.15, 0.2) is 17.6 Å². The highest BCUT2D eigenvalue weighted by molar-refractivity contribution is 5.92. The number of hydrogen-bond acceptors (Lipinski definition) is 6. The molecular formula is C19H17F2NO6. The minimum absolute atomic E-state index is 0.0823. The van der Waals surface area contributed by atoms with Crippen LogP contribution in [0.15, 0.2) is 42.5 Å². The first-order chi connectivity index (χ1) is 13.4. The standard InChI is InChI=1S/C19H17F2NO6/c1-11(27-18(24)13-3-5-14(6-4-13)28-19(20)21)17(23)22-9-12-2-7-15-16(8-12)26-10-25-15/h2-8,11,19H,9-10H2,1H3,(H,22,23)/t11-/m1/s1. The number of fused-ring (bicyclic) bond motifs is 1. The molecule has 3 rings (SSSR count). The van der Waals surface area contributed by atoms with Gasteiger partial charge in [0.2, 0.25) is 6.79 Å². The maximum Gasteiger partial charge on any atom is 0.387 e. The van der Waals surface area contributed by atoms with Crippen LogP contribution in [0.2, 0.25) is 0 Å². The van der Waals surface area contributed by atoms with Crippen LogP contribution < -0.4 is 19.5 Å². The Labute approximate surface area is 159 Å². The van der Waals surface area contributed by atoms with Gasteiger partial charge in [-0.25, -0.2) is 4.79 Å². The van der Waals surface area contributed by atoms with Crippen LogP contribution in [0.5, 0.6) is 17.2 Å². The zero-order chi connectivity index (χ0) is 20.1. The Hall–Kier alpha value is -3.36. The number of amides is 1. The van der Waals surface area contributed by atoms with Gasteiger partial charge >= 0.3 is 12.6 Å². The van der Waals surface area contributed by atoms with Gasteiger partial charge in [0, 0.05) is 6.54 Å². The van der Waals surface area contributed by atoms with Crippen LogP contribution in [-0.4, -0.2) is 31.4 Å². The fourth-order valence-corrected chi connectivity index (χ4v) is 2.44. The van der Waals surface area contributed by atoms with Crippen molar-refractivity contribution in [2.75, 3.05) is 6.79 Å². The van der Waals surface area contributed by atoms with E-state index >= 15 is 0 Å². The molecule has 1 heterocycles. The summed E-state index contributed by atoms with van der Waals surface area (Å²) in [6.45, 7) is -1.14. The second-order valence-corrected chi connectivity index (χ2v) is 5.86. The summed E-state index contributed by atoms with van der Waals surface area (Å²) in [5.74, 6) is -0.0769. The molecule has 2 aromatic carbocycles. The quantitative estimate of drug-likeness (QED) is 0.729. The molecule has 1 amide bonds. The SMILES string of the molecule is C[C@@H](OC(=O)c1ccc(OC(F)F)cc1)C(=O)NCc1ccc2c(c1)OCO2. The summed E-state index contributed by atoms with van der Waals surface area (Å²) < 4.78 is 44.0. The summed E-state index contributed by atoms with van der Waals surface area (Å²) >= 11 is 0. The van der Waals surface area contributed by atoms with Crippen molar-refractivity contribution < 1.29 is 37.3 Å². The van der Waals surface area contributed by atoms with Gasteiger partial charge in [-0.05, 0) is 48.9 Å². The van der Waals surface area contributed by atoms with Crippen molar-refractivity contribution >= 4 is 11.9 Å². The van der Waals surface area contributed by atoms with Gasteiger partial charge < -0.3 is 24.3 Å². The first-order valence-corrected chi connectivity index (χ1v) is 8.34. The molecule has 0 spiro atoms. The van der Waals surface area contributed by atoms with E-state index in [9.17, 15) is 18.4 Å². The molecule has 1 aliphatic heterocycles. The van der Waals surface area contributed by atoms with Gasteiger partial charge in [-0.1, -0.05) is 6.07 Å². The molecule has 7 nitrogen and oxygen atoms in total. The number of carbonyl (C=O) groups is 2. The molecule has 28 heavy (non-hydrogen) atoms. The van der Waals surface area contributed by atoms with E-state index in [1.165, 1.54) is 31.2 Å². The predicted molar refractivity (Wildman–Crippen MR) is 92.4 cm³/mol. The average molecular weight is 393 g/mol. The molecule has 1 N–H and O–H groups in total. The number of nitrogens with one attached hydrogen (secondary N) is 1. The summed E-state index contributed by atoms with van der Waals surface area (Å²) in [6.07, 6.45) is -1.04. The molecule has 0 aromatic heterocycles. The maximum absolute atomic E-state index is 12.1. The number of halogens is 2. The van der Waals surface area contributed by atoms with Gasteiger partial charge in [-0.3, -0.25) is 4.79 Å². The van der Waals surface area contributed by atoms with Crippen molar-refractivity contribution in [3.63, 3.8) is 0 Å². The predicted octanol–water partition coefficient (Wildman–Crippen LogP) is 2.88. The van der Waals surface area contributed by atoms with Crippen LogP contribution in [0.4, 0.5) is 8.78 Å². The van der Waals surface area contributed by atoms with Crippen LogP contribution in [0.1, 0.15) is 22.8 Å². The van der Waals surface area contributed by atoms with Gasteiger partial charge in [0.1, 0.15) is 5.75 Å². The lowest BCUT2D eigenvalue weighted by atomic mass is 10.2. The molecule has 0 bridgehead atoms. The molecule has 148 valence electrons. The van der Waals surface area contributed by atoms with Crippen molar-refractivity contribution in [1.29, 1.82) is 0 Å². The molecule has 0 saturated heterocycles. The summed E-state index contributed by atoms with van der Waals surface area (Å²) in [5.41, 5.74) is 0.905. The largest absolute Gasteiger partial charge is 0.454 e. The molecule has 0 unspecified atom stereocenters. The molecule has 1 aliphatic rings. The number of carbonyl (C=O) groups excluding carboxylic acids is 2. The van der Waals surface area contributed by atoms with E-state index in [0.29, 0.717) is 11.5 Å². The average Bonchev–Trinajstić information content (AvgIpc) is 3.13. The Morgan fingerprint density at radius 1 is 1.11 bits per heavy atom. The van der Waals surface area contributed by atoms with E-state index in [2.05, 4.69) is 10.1 Å². The van der Waals surface area contributed by atoms with Crippen molar-refractivity contribution in [2.45, 2.75) is 26.2 Å². The van der Waals surface area contributed by atoms with Gasteiger partial charge in [-0.2, -0.15) is 8.78 Å². The third kappa shape index (κ3) is 4.87. The minimum Gasteiger partial charge on any atom is -0.454 e. The monoisotopic (exact) mass is 393 g/mol. The fourth-order valence-electron chi connectivity index (χ4n) is 2.44. The Balaban J connectivity index is 1.50. The van der Waals surface area contributed by atoms with Crippen LogP contribution >= 0.6 is 0 Å². The second-order valence-electron chi connectivity index (χ2n) is 5.86. The Kier molecular flexibility index (Phi) is 5.93. The van der Waals surface area contributed by atoms with E-state index < -0.39 is 24.6 Å². The molecule has 9 heteroatoms. The maximum atomic E-state index is 12.1. The first kappa shape index (κ1) is 19.4. The van der Waals surface area contributed by atoms with Crippen LogP contribution in [0.3, 0.4) is 0 Å². The van der Waals surface area contributed by atoms with E-state index in [4.69, 9.17) is 14.2 Å². The Bertz CT molecular complexity index is 856. The molecule has 0 fully saturated rings. The zero-order valence-electron chi connectivity index (χ0n) is 14.8. The molecular weight excluding hydrogens is 376 g/mol. The number of alkyl halides is 2. The second kappa shape index (κ2) is 8.55. The number of ether oxygens (including phenoxy) is 4. The summed E-state index contributed by atoms with van der Waals surface area (Å²) in [7, 11) is 0. The van der Waals surface area contributed by atoms with E-state index in [-0.39, 0.29) is 24.7 Å². The normalized spacial score (nSPS) is 13.1. The topological polar surface area (TPSA) is 83.1 Å². The van der Waals surface area contributed by atoms with E-state index in [1.54, 1.807) is 18.2 Å². The molecule has 0 aliphatic carbocycles. The van der Waals surface area contributed by atoms with Crippen molar-refractivity contribution in [3.05, 3.63) is 53.6 Å². The van der Waals surface area contributed by atoms with Gasteiger partial charge in [0.05, 0.1) is 5.56 Å². The molecule has 0 saturated carbocycles. The van der Waals surface area contributed by atoms with E-state index in [0.717, 1.165) is 5.56 Å². The van der Waals surface area contributed by atoms with Gasteiger partial charge in [0.25, 0.3) is 5.91 Å².